The number of halogens is 1. The Morgan fingerprint density at radius 1 is 1.32 bits per heavy atom. The SMILES string of the molecule is Cc1cc(C2CCCN(C(=O)c3cncc(Cl)c3)C2)n2ncnc2n1. The van der Waals surface area contributed by atoms with E-state index in [1.165, 1.54) is 12.5 Å². The van der Waals surface area contributed by atoms with Crippen LogP contribution in [0.3, 0.4) is 0 Å². The molecule has 128 valence electrons. The molecule has 25 heavy (non-hydrogen) atoms. The minimum absolute atomic E-state index is 0.0414. The Bertz CT molecular complexity index is 940. The summed E-state index contributed by atoms with van der Waals surface area (Å²) in [7, 11) is 0. The lowest BCUT2D eigenvalue weighted by Gasteiger charge is -2.33. The molecule has 0 spiro atoms. The maximum atomic E-state index is 12.8. The summed E-state index contributed by atoms with van der Waals surface area (Å²) in [5.74, 6) is 0.744. The number of fused-ring (bicyclic) bond motifs is 1. The van der Waals surface area contributed by atoms with Crippen LogP contribution in [0, 0.1) is 6.92 Å². The van der Waals surface area contributed by atoms with Crippen LogP contribution in [0.2, 0.25) is 5.02 Å². The number of pyridine rings is 1. The topological polar surface area (TPSA) is 76.3 Å². The van der Waals surface area contributed by atoms with Crippen LogP contribution in [-0.2, 0) is 0 Å². The van der Waals surface area contributed by atoms with Crippen molar-refractivity contribution in [2.45, 2.75) is 25.7 Å². The fourth-order valence-corrected chi connectivity index (χ4v) is 3.54. The number of hydrogen-bond acceptors (Lipinski definition) is 5. The van der Waals surface area contributed by atoms with Gasteiger partial charge in [0.15, 0.2) is 0 Å². The Balaban J connectivity index is 1.62. The van der Waals surface area contributed by atoms with E-state index in [9.17, 15) is 4.79 Å². The molecule has 3 aromatic rings. The first-order valence-corrected chi connectivity index (χ1v) is 8.57. The van der Waals surface area contributed by atoms with E-state index in [-0.39, 0.29) is 11.8 Å². The summed E-state index contributed by atoms with van der Waals surface area (Å²) >= 11 is 5.96. The summed E-state index contributed by atoms with van der Waals surface area (Å²) in [4.78, 5) is 27.2. The Morgan fingerprint density at radius 2 is 2.20 bits per heavy atom. The zero-order chi connectivity index (χ0) is 17.4. The highest BCUT2D eigenvalue weighted by molar-refractivity contribution is 6.30. The average Bonchev–Trinajstić information content (AvgIpc) is 3.08. The quantitative estimate of drug-likeness (QED) is 0.705. The van der Waals surface area contributed by atoms with Gasteiger partial charge in [-0.15, -0.1) is 0 Å². The molecule has 3 aromatic heterocycles. The van der Waals surface area contributed by atoms with Gasteiger partial charge in [0, 0.05) is 37.1 Å². The third kappa shape index (κ3) is 3.07. The molecule has 4 heterocycles. The zero-order valence-electron chi connectivity index (χ0n) is 13.8. The molecule has 0 radical (unpaired) electrons. The Morgan fingerprint density at radius 3 is 3.04 bits per heavy atom. The summed E-state index contributed by atoms with van der Waals surface area (Å²) in [6, 6.07) is 3.69. The highest BCUT2D eigenvalue weighted by Gasteiger charge is 2.28. The molecule has 1 fully saturated rings. The minimum Gasteiger partial charge on any atom is -0.338 e. The fourth-order valence-electron chi connectivity index (χ4n) is 3.36. The van der Waals surface area contributed by atoms with Crippen LogP contribution in [0.15, 0.2) is 30.9 Å². The summed E-state index contributed by atoms with van der Waals surface area (Å²) in [6.45, 7) is 3.30. The molecular formula is C17H17ClN6O. The van der Waals surface area contributed by atoms with Crippen molar-refractivity contribution < 1.29 is 4.79 Å². The van der Waals surface area contributed by atoms with Crippen molar-refractivity contribution in [3.8, 4) is 0 Å². The van der Waals surface area contributed by atoms with E-state index in [0.717, 1.165) is 30.8 Å². The van der Waals surface area contributed by atoms with Crippen LogP contribution in [0.25, 0.3) is 5.78 Å². The number of rotatable bonds is 2. The standard InChI is InChI=1S/C17H17ClN6O/c1-11-5-15(24-17(22-11)20-10-21-24)12-3-2-4-23(9-12)16(25)13-6-14(18)8-19-7-13/h5-8,10,12H,2-4,9H2,1H3. The number of carbonyl (C=O) groups excluding carboxylic acids is 1. The summed E-state index contributed by atoms with van der Waals surface area (Å²) in [5.41, 5.74) is 2.46. The van der Waals surface area contributed by atoms with Crippen molar-refractivity contribution in [2.75, 3.05) is 13.1 Å². The number of carbonyl (C=O) groups is 1. The first-order valence-electron chi connectivity index (χ1n) is 8.19. The van der Waals surface area contributed by atoms with Gasteiger partial charge in [-0.25, -0.2) is 9.50 Å². The van der Waals surface area contributed by atoms with Gasteiger partial charge in [0.2, 0.25) is 0 Å². The van der Waals surface area contributed by atoms with Gasteiger partial charge in [0.25, 0.3) is 11.7 Å². The molecule has 1 atom stereocenters. The summed E-state index contributed by atoms with van der Waals surface area (Å²) in [6.07, 6.45) is 6.52. The van der Waals surface area contributed by atoms with Gasteiger partial charge in [-0.2, -0.15) is 10.1 Å². The highest BCUT2D eigenvalue weighted by Crippen LogP contribution is 2.28. The second kappa shape index (κ2) is 6.40. The largest absolute Gasteiger partial charge is 0.338 e. The molecule has 0 aromatic carbocycles. The predicted molar refractivity (Wildman–Crippen MR) is 92.6 cm³/mol. The molecule has 7 nitrogen and oxygen atoms in total. The summed E-state index contributed by atoms with van der Waals surface area (Å²) < 4.78 is 1.77. The van der Waals surface area contributed by atoms with E-state index in [4.69, 9.17) is 11.6 Å². The number of likely N-dealkylation sites (tertiary alicyclic amines) is 1. The van der Waals surface area contributed by atoms with Crippen molar-refractivity contribution in [2.24, 2.45) is 0 Å². The molecule has 8 heteroatoms. The van der Waals surface area contributed by atoms with Gasteiger partial charge >= 0.3 is 0 Å². The van der Waals surface area contributed by atoms with E-state index >= 15 is 0 Å². The van der Waals surface area contributed by atoms with Crippen LogP contribution in [0.1, 0.15) is 40.5 Å². The lowest BCUT2D eigenvalue weighted by Crippen LogP contribution is -2.39. The number of piperidine rings is 1. The van der Waals surface area contributed by atoms with E-state index in [0.29, 0.717) is 22.9 Å². The van der Waals surface area contributed by atoms with E-state index in [1.807, 2.05) is 17.9 Å². The van der Waals surface area contributed by atoms with Gasteiger partial charge < -0.3 is 4.90 Å². The molecule has 4 rings (SSSR count). The first-order chi connectivity index (χ1) is 12.1. The van der Waals surface area contributed by atoms with Crippen LogP contribution >= 0.6 is 11.6 Å². The van der Waals surface area contributed by atoms with Crippen LogP contribution in [0.5, 0.6) is 0 Å². The van der Waals surface area contributed by atoms with E-state index in [1.54, 1.807) is 16.8 Å². The molecule has 0 bridgehead atoms. The van der Waals surface area contributed by atoms with Crippen molar-refractivity contribution in [3.05, 3.63) is 52.8 Å². The molecule has 1 saturated heterocycles. The normalized spacial score (nSPS) is 17.8. The predicted octanol–water partition coefficient (Wildman–Crippen LogP) is 2.50. The Labute approximate surface area is 149 Å². The minimum atomic E-state index is -0.0414. The third-order valence-electron chi connectivity index (χ3n) is 4.49. The van der Waals surface area contributed by atoms with Crippen LogP contribution in [0.4, 0.5) is 0 Å². The Hall–Kier alpha value is -2.54. The lowest BCUT2D eigenvalue weighted by molar-refractivity contribution is 0.0704. The van der Waals surface area contributed by atoms with Crippen LogP contribution in [-0.4, -0.2) is 48.5 Å². The maximum absolute atomic E-state index is 12.8. The zero-order valence-corrected chi connectivity index (χ0v) is 14.5. The third-order valence-corrected chi connectivity index (χ3v) is 4.69. The highest BCUT2D eigenvalue weighted by atomic mass is 35.5. The molecule has 0 saturated carbocycles. The fraction of sp³-hybridized carbons (Fsp3) is 0.353. The molecule has 1 aliphatic rings. The maximum Gasteiger partial charge on any atom is 0.255 e. The van der Waals surface area contributed by atoms with Crippen molar-refractivity contribution >= 4 is 23.3 Å². The first kappa shape index (κ1) is 16.0. The monoisotopic (exact) mass is 356 g/mol. The van der Waals surface area contributed by atoms with E-state index < -0.39 is 0 Å². The molecule has 1 aliphatic heterocycles. The van der Waals surface area contributed by atoms with Crippen molar-refractivity contribution in [1.29, 1.82) is 0 Å². The molecule has 0 N–H and O–H groups in total. The van der Waals surface area contributed by atoms with Gasteiger partial charge in [-0.05, 0) is 31.9 Å². The molecule has 0 aliphatic carbocycles. The molecule has 1 amide bonds. The van der Waals surface area contributed by atoms with Gasteiger partial charge in [0.05, 0.1) is 16.3 Å². The second-order valence-corrected chi connectivity index (χ2v) is 6.71. The number of aromatic nitrogens is 5. The smallest absolute Gasteiger partial charge is 0.255 e. The molecule has 1 unspecified atom stereocenters. The van der Waals surface area contributed by atoms with Crippen LogP contribution < -0.4 is 0 Å². The van der Waals surface area contributed by atoms with Gasteiger partial charge in [-0.1, -0.05) is 11.6 Å². The second-order valence-electron chi connectivity index (χ2n) is 6.28. The lowest BCUT2D eigenvalue weighted by atomic mass is 9.93. The summed E-state index contributed by atoms with van der Waals surface area (Å²) in [5, 5.41) is 4.75. The Kier molecular flexibility index (Phi) is 4.09. The van der Waals surface area contributed by atoms with Gasteiger partial charge in [-0.3, -0.25) is 9.78 Å². The molecular weight excluding hydrogens is 340 g/mol. The number of hydrogen-bond donors (Lipinski definition) is 0. The average molecular weight is 357 g/mol. The number of nitrogens with zero attached hydrogens (tertiary/aromatic N) is 6. The number of amides is 1. The number of aryl methyl sites for hydroxylation is 1. The van der Waals surface area contributed by atoms with Crippen molar-refractivity contribution in [3.63, 3.8) is 0 Å². The van der Waals surface area contributed by atoms with Crippen molar-refractivity contribution in [1.82, 2.24) is 29.5 Å². The van der Waals surface area contributed by atoms with E-state index in [2.05, 4.69) is 20.1 Å². The van der Waals surface area contributed by atoms with Gasteiger partial charge in [0.1, 0.15) is 6.33 Å².